The van der Waals surface area contributed by atoms with E-state index in [-0.39, 0.29) is 0 Å². The van der Waals surface area contributed by atoms with Gasteiger partial charge in [-0.1, -0.05) is 18.2 Å². The van der Waals surface area contributed by atoms with Crippen molar-refractivity contribution in [2.75, 3.05) is 14.1 Å². The molecule has 0 atom stereocenters. The van der Waals surface area contributed by atoms with Crippen molar-refractivity contribution < 1.29 is 0 Å². The summed E-state index contributed by atoms with van der Waals surface area (Å²) in [5.41, 5.74) is 0. The third-order valence-corrected chi connectivity index (χ3v) is 3.56. The van der Waals surface area contributed by atoms with Gasteiger partial charge < -0.3 is 0 Å². The Kier molecular flexibility index (Phi) is 3.83. The first-order valence-corrected chi connectivity index (χ1v) is 5.47. The third-order valence-electron chi connectivity index (χ3n) is 1.03. The van der Waals surface area contributed by atoms with Gasteiger partial charge in [0.25, 0.3) is 0 Å². The molecule has 1 aromatic rings. The zero-order valence-corrected chi connectivity index (χ0v) is 8.28. The van der Waals surface area contributed by atoms with Crippen LogP contribution in [0.4, 0.5) is 0 Å². The summed E-state index contributed by atoms with van der Waals surface area (Å²) in [6, 6.07) is 10.4. The second-order valence-corrected chi connectivity index (χ2v) is 4.75. The molecule has 1 rings (SSSR count). The van der Waals surface area contributed by atoms with Gasteiger partial charge in [-0.25, -0.2) is 4.31 Å². The van der Waals surface area contributed by atoms with Crippen LogP contribution in [0.5, 0.6) is 0 Å². The summed E-state index contributed by atoms with van der Waals surface area (Å²) >= 11 is 0. The number of rotatable bonds is 3. The van der Waals surface area contributed by atoms with Gasteiger partial charge in [-0.2, -0.15) is 0 Å². The van der Waals surface area contributed by atoms with Crippen LogP contribution in [0.25, 0.3) is 0 Å². The van der Waals surface area contributed by atoms with Crippen LogP contribution in [0.1, 0.15) is 0 Å². The molecule has 0 aliphatic heterocycles. The number of nitrogens with zero attached hydrogens (tertiary/aromatic N) is 1. The molecule has 0 radical (unpaired) electrons. The SMILES string of the molecule is CN(C)SSc1ccccc1. The van der Waals surface area contributed by atoms with Gasteiger partial charge in [0.2, 0.25) is 0 Å². The lowest BCUT2D eigenvalue weighted by Gasteiger charge is -2.05. The van der Waals surface area contributed by atoms with Crippen LogP contribution in [0.15, 0.2) is 35.2 Å². The number of hydrogen-bond acceptors (Lipinski definition) is 3. The second kappa shape index (κ2) is 4.70. The van der Waals surface area contributed by atoms with E-state index in [2.05, 4.69) is 28.6 Å². The van der Waals surface area contributed by atoms with Gasteiger partial charge in [0, 0.05) is 4.90 Å². The summed E-state index contributed by atoms with van der Waals surface area (Å²) < 4.78 is 2.08. The van der Waals surface area contributed by atoms with E-state index in [1.165, 1.54) is 4.90 Å². The lowest BCUT2D eigenvalue weighted by atomic mass is 10.4. The van der Waals surface area contributed by atoms with E-state index < -0.39 is 0 Å². The van der Waals surface area contributed by atoms with Crippen LogP contribution in [-0.4, -0.2) is 18.4 Å². The third kappa shape index (κ3) is 3.70. The van der Waals surface area contributed by atoms with Crippen LogP contribution in [-0.2, 0) is 0 Å². The molecule has 11 heavy (non-hydrogen) atoms. The highest BCUT2D eigenvalue weighted by atomic mass is 33.1. The summed E-state index contributed by atoms with van der Waals surface area (Å²) in [6.45, 7) is 0. The lowest BCUT2D eigenvalue weighted by Crippen LogP contribution is -1.95. The Morgan fingerprint density at radius 3 is 2.27 bits per heavy atom. The minimum Gasteiger partial charge on any atom is -0.247 e. The van der Waals surface area contributed by atoms with E-state index in [1.54, 1.807) is 21.8 Å². The minimum atomic E-state index is 1.30. The van der Waals surface area contributed by atoms with Gasteiger partial charge in [-0.3, -0.25) is 0 Å². The quantitative estimate of drug-likeness (QED) is 0.526. The highest BCUT2D eigenvalue weighted by Crippen LogP contribution is 2.31. The van der Waals surface area contributed by atoms with E-state index in [9.17, 15) is 0 Å². The highest BCUT2D eigenvalue weighted by Gasteiger charge is 1.93. The van der Waals surface area contributed by atoms with Crippen molar-refractivity contribution in [2.45, 2.75) is 4.90 Å². The van der Waals surface area contributed by atoms with E-state index >= 15 is 0 Å². The van der Waals surface area contributed by atoms with Gasteiger partial charge in [-0.15, -0.1) is 0 Å². The van der Waals surface area contributed by atoms with Crippen molar-refractivity contribution in [3.05, 3.63) is 30.3 Å². The molecule has 0 fully saturated rings. The molecule has 0 bridgehead atoms. The molecule has 60 valence electrons. The zero-order chi connectivity index (χ0) is 8.10. The predicted molar refractivity (Wildman–Crippen MR) is 53.6 cm³/mol. The molecule has 0 heterocycles. The second-order valence-electron chi connectivity index (χ2n) is 2.28. The Morgan fingerprint density at radius 2 is 1.73 bits per heavy atom. The minimum absolute atomic E-state index is 1.30. The average molecular weight is 185 g/mol. The number of benzene rings is 1. The van der Waals surface area contributed by atoms with Crippen LogP contribution in [0.3, 0.4) is 0 Å². The molecule has 0 unspecified atom stereocenters. The van der Waals surface area contributed by atoms with Crippen molar-refractivity contribution >= 4 is 21.8 Å². The summed E-state index contributed by atoms with van der Waals surface area (Å²) in [4.78, 5) is 1.30. The Balaban J connectivity index is 2.39. The predicted octanol–water partition coefficient (Wildman–Crippen LogP) is 2.90. The topological polar surface area (TPSA) is 3.24 Å². The fourth-order valence-corrected chi connectivity index (χ4v) is 2.14. The van der Waals surface area contributed by atoms with E-state index in [0.29, 0.717) is 0 Å². The lowest BCUT2D eigenvalue weighted by molar-refractivity contribution is 0.711. The first-order chi connectivity index (χ1) is 5.29. The molecular formula is C8H11NS2. The summed E-state index contributed by atoms with van der Waals surface area (Å²) in [5.74, 6) is 0. The van der Waals surface area contributed by atoms with Gasteiger partial charge in [-0.05, 0) is 48.0 Å². The molecule has 0 saturated carbocycles. The van der Waals surface area contributed by atoms with Crippen LogP contribution in [0.2, 0.25) is 0 Å². The van der Waals surface area contributed by atoms with Crippen molar-refractivity contribution in [3.8, 4) is 0 Å². The monoisotopic (exact) mass is 185 g/mol. The van der Waals surface area contributed by atoms with Crippen molar-refractivity contribution in [3.63, 3.8) is 0 Å². The first kappa shape index (κ1) is 8.97. The molecule has 0 aliphatic carbocycles. The molecular weight excluding hydrogens is 174 g/mol. The fraction of sp³-hybridized carbons (Fsp3) is 0.250. The van der Waals surface area contributed by atoms with E-state index in [0.717, 1.165) is 0 Å². The summed E-state index contributed by atoms with van der Waals surface area (Å²) in [7, 11) is 7.59. The summed E-state index contributed by atoms with van der Waals surface area (Å²) in [5, 5.41) is 0. The van der Waals surface area contributed by atoms with Crippen molar-refractivity contribution in [1.29, 1.82) is 0 Å². The average Bonchev–Trinajstić information content (AvgIpc) is 2.03. The van der Waals surface area contributed by atoms with Crippen LogP contribution >= 0.6 is 21.8 Å². The van der Waals surface area contributed by atoms with Crippen molar-refractivity contribution in [2.24, 2.45) is 0 Å². The fourth-order valence-electron chi connectivity index (χ4n) is 0.594. The number of hydrogen-bond donors (Lipinski definition) is 0. The van der Waals surface area contributed by atoms with Crippen LogP contribution in [0, 0.1) is 0 Å². The smallest absolute Gasteiger partial charge is 0.0195 e. The van der Waals surface area contributed by atoms with Gasteiger partial charge in [0.1, 0.15) is 0 Å². The maximum Gasteiger partial charge on any atom is 0.0195 e. The van der Waals surface area contributed by atoms with Gasteiger partial charge >= 0.3 is 0 Å². The Labute approximate surface area is 75.7 Å². The molecule has 3 heteroatoms. The standard InChI is InChI=1S/C8H11NS2/c1-9(2)11-10-8-6-4-3-5-7-8/h3-7H,1-2H3. The van der Waals surface area contributed by atoms with Gasteiger partial charge in [0.05, 0.1) is 0 Å². The van der Waals surface area contributed by atoms with E-state index in [4.69, 9.17) is 0 Å². The Hall–Kier alpha value is -0.120. The molecule has 1 aromatic carbocycles. The largest absolute Gasteiger partial charge is 0.247 e. The molecule has 0 spiro atoms. The maximum atomic E-state index is 2.11. The molecule has 0 N–H and O–H groups in total. The van der Waals surface area contributed by atoms with Crippen molar-refractivity contribution in [1.82, 2.24) is 4.31 Å². The first-order valence-electron chi connectivity index (χ1n) is 3.36. The van der Waals surface area contributed by atoms with Crippen LogP contribution < -0.4 is 0 Å². The molecule has 1 nitrogen and oxygen atoms in total. The zero-order valence-electron chi connectivity index (χ0n) is 6.65. The molecule has 0 aliphatic rings. The molecule has 0 amide bonds. The summed E-state index contributed by atoms with van der Waals surface area (Å²) in [6.07, 6.45) is 0. The van der Waals surface area contributed by atoms with Gasteiger partial charge in [0.15, 0.2) is 0 Å². The maximum absolute atomic E-state index is 2.11. The molecule has 0 aromatic heterocycles. The normalized spacial score (nSPS) is 10.5. The van der Waals surface area contributed by atoms with E-state index in [1.807, 2.05) is 20.2 Å². The Morgan fingerprint density at radius 1 is 1.09 bits per heavy atom. The highest BCUT2D eigenvalue weighted by molar-refractivity contribution is 8.75. The molecule has 0 saturated heterocycles. The Bertz CT molecular complexity index is 199.